The van der Waals surface area contributed by atoms with E-state index in [1.807, 2.05) is 0 Å². The number of aromatic hydroxyl groups is 1. The van der Waals surface area contributed by atoms with Crippen molar-refractivity contribution in [1.29, 1.82) is 0 Å². The van der Waals surface area contributed by atoms with Gasteiger partial charge in [-0.3, -0.25) is 15.1 Å². The quantitative estimate of drug-likeness (QED) is 0.571. The number of H-pyrrole nitrogens is 2. The number of aromatic amines is 2. The molecule has 17 heavy (non-hydrogen) atoms. The van der Waals surface area contributed by atoms with E-state index in [1.165, 1.54) is 0 Å². The fourth-order valence-corrected chi connectivity index (χ4v) is 1.19. The standard InChI is InChI=1S/C9H13N3O4S/c1-9(2,3)16-8(15)10-4-5(13)11-7(17)12-6(4)14/h1-3H3,(H,10,15)(H3,11,12,13,14,17). The van der Waals surface area contributed by atoms with Crippen LogP contribution in [-0.2, 0) is 4.74 Å². The van der Waals surface area contributed by atoms with Crippen LogP contribution in [0.5, 0.6) is 5.88 Å². The van der Waals surface area contributed by atoms with E-state index in [9.17, 15) is 14.7 Å². The van der Waals surface area contributed by atoms with Crippen LogP contribution in [0.4, 0.5) is 10.5 Å². The Balaban J connectivity index is 2.94. The lowest BCUT2D eigenvalue weighted by Crippen LogP contribution is -2.29. The number of carbonyl (C=O) groups is 1. The Kier molecular flexibility index (Phi) is 3.56. The molecule has 0 saturated carbocycles. The van der Waals surface area contributed by atoms with Gasteiger partial charge in [0.25, 0.3) is 5.56 Å². The van der Waals surface area contributed by atoms with Gasteiger partial charge in [-0.05, 0) is 33.0 Å². The molecule has 1 aromatic heterocycles. The molecule has 7 nitrogen and oxygen atoms in total. The van der Waals surface area contributed by atoms with Crippen LogP contribution in [-0.4, -0.2) is 26.8 Å². The first-order chi connectivity index (χ1) is 7.69. The fraction of sp³-hybridized carbons (Fsp3) is 0.444. The minimum absolute atomic E-state index is 0.0396. The van der Waals surface area contributed by atoms with E-state index in [0.29, 0.717) is 0 Å². The van der Waals surface area contributed by atoms with Gasteiger partial charge in [-0.15, -0.1) is 0 Å². The maximum absolute atomic E-state index is 11.4. The molecule has 1 rings (SSSR count). The number of aromatic nitrogens is 2. The fourth-order valence-electron chi connectivity index (χ4n) is 0.996. The molecule has 0 aliphatic rings. The Labute approximate surface area is 102 Å². The third-order valence-corrected chi connectivity index (χ3v) is 1.75. The van der Waals surface area contributed by atoms with E-state index in [0.717, 1.165) is 0 Å². The molecule has 0 aromatic carbocycles. The Hall–Kier alpha value is -1.83. The molecular weight excluding hydrogens is 246 g/mol. The van der Waals surface area contributed by atoms with Crippen molar-refractivity contribution in [2.45, 2.75) is 26.4 Å². The Morgan fingerprint density at radius 1 is 1.41 bits per heavy atom. The van der Waals surface area contributed by atoms with E-state index in [1.54, 1.807) is 20.8 Å². The van der Waals surface area contributed by atoms with E-state index < -0.39 is 23.1 Å². The van der Waals surface area contributed by atoms with Gasteiger partial charge in [0.05, 0.1) is 0 Å². The molecule has 1 heterocycles. The van der Waals surface area contributed by atoms with E-state index in [-0.39, 0.29) is 10.5 Å². The van der Waals surface area contributed by atoms with Gasteiger partial charge in [-0.25, -0.2) is 4.79 Å². The summed E-state index contributed by atoms with van der Waals surface area (Å²) in [7, 11) is 0. The zero-order valence-corrected chi connectivity index (χ0v) is 10.4. The predicted octanol–water partition coefficient (Wildman–Crippen LogP) is 1.49. The molecule has 0 atom stereocenters. The lowest BCUT2D eigenvalue weighted by molar-refractivity contribution is 0.0635. The molecule has 94 valence electrons. The Bertz CT molecular complexity index is 540. The number of hydrogen-bond donors (Lipinski definition) is 4. The van der Waals surface area contributed by atoms with Crippen LogP contribution >= 0.6 is 12.2 Å². The van der Waals surface area contributed by atoms with Crippen LogP contribution in [0.25, 0.3) is 0 Å². The molecule has 0 fully saturated rings. The zero-order valence-electron chi connectivity index (χ0n) is 9.58. The second kappa shape index (κ2) is 4.58. The van der Waals surface area contributed by atoms with E-state index >= 15 is 0 Å². The van der Waals surface area contributed by atoms with Crippen LogP contribution in [0.15, 0.2) is 4.79 Å². The van der Waals surface area contributed by atoms with Crippen LogP contribution in [0.3, 0.4) is 0 Å². The summed E-state index contributed by atoms with van der Waals surface area (Å²) in [5.41, 5.74) is -1.75. The van der Waals surface area contributed by atoms with Gasteiger partial charge in [0.2, 0.25) is 5.88 Å². The molecular formula is C9H13N3O4S. The maximum Gasteiger partial charge on any atom is 0.412 e. The van der Waals surface area contributed by atoms with Crippen molar-refractivity contribution in [3.8, 4) is 5.88 Å². The molecule has 0 aliphatic carbocycles. The summed E-state index contributed by atoms with van der Waals surface area (Å²) in [5, 5.41) is 11.5. The lowest BCUT2D eigenvalue weighted by Gasteiger charge is -2.19. The van der Waals surface area contributed by atoms with Crippen LogP contribution in [0.2, 0.25) is 0 Å². The number of nitrogens with one attached hydrogen (secondary N) is 3. The normalized spacial score (nSPS) is 11.0. The topological polar surface area (TPSA) is 107 Å². The second-order valence-corrected chi connectivity index (χ2v) is 4.67. The number of rotatable bonds is 1. The monoisotopic (exact) mass is 259 g/mol. The van der Waals surface area contributed by atoms with Crippen LogP contribution in [0, 0.1) is 4.77 Å². The highest BCUT2D eigenvalue weighted by Gasteiger charge is 2.18. The SMILES string of the molecule is CC(C)(C)OC(=O)Nc1c(O)[nH]c(=S)[nH]c1=O. The highest BCUT2D eigenvalue weighted by Crippen LogP contribution is 2.15. The molecule has 0 bridgehead atoms. The average Bonchev–Trinajstić information content (AvgIpc) is 2.08. The Morgan fingerprint density at radius 3 is 2.47 bits per heavy atom. The highest BCUT2D eigenvalue weighted by atomic mass is 32.1. The molecule has 8 heteroatoms. The third kappa shape index (κ3) is 3.91. The first-order valence-corrected chi connectivity index (χ1v) is 5.15. The number of ether oxygens (including phenoxy) is 1. The molecule has 1 amide bonds. The summed E-state index contributed by atoms with van der Waals surface area (Å²) >= 11 is 4.63. The number of hydrogen-bond acceptors (Lipinski definition) is 5. The third-order valence-electron chi connectivity index (χ3n) is 1.55. The maximum atomic E-state index is 11.4. The van der Waals surface area contributed by atoms with Crippen molar-refractivity contribution in [3.63, 3.8) is 0 Å². The summed E-state index contributed by atoms with van der Waals surface area (Å²) in [6.45, 7) is 5.03. The van der Waals surface area contributed by atoms with Crippen molar-refractivity contribution in [2.75, 3.05) is 5.32 Å². The minimum atomic E-state index is -0.844. The summed E-state index contributed by atoms with van der Waals surface area (Å²) in [4.78, 5) is 27.3. The van der Waals surface area contributed by atoms with Crippen LogP contribution in [0.1, 0.15) is 20.8 Å². The van der Waals surface area contributed by atoms with E-state index in [2.05, 4.69) is 27.5 Å². The average molecular weight is 259 g/mol. The van der Waals surface area contributed by atoms with Gasteiger partial charge in [0.15, 0.2) is 10.5 Å². The van der Waals surface area contributed by atoms with Gasteiger partial charge in [0.1, 0.15) is 5.60 Å². The number of anilines is 1. The smallest absolute Gasteiger partial charge is 0.412 e. The van der Waals surface area contributed by atoms with Gasteiger partial charge in [0, 0.05) is 0 Å². The Morgan fingerprint density at radius 2 is 2.00 bits per heavy atom. The van der Waals surface area contributed by atoms with Gasteiger partial charge < -0.3 is 14.8 Å². The van der Waals surface area contributed by atoms with Crippen molar-refractivity contribution < 1.29 is 14.6 Å². The summed E-state index contributed by atoms with van der Waals surface area (Å²) in [6.07, 6.45) is -0.844. The number of amides is 1. The second-order valence-electron chi connectivity index (χ2n) is 4.26. The minimum Gasteiger partial charge on any atom is -0.493 e. The lowest BCUT2D eigenvalue weighted by atomic mass is 10.2. The molecule has 0 radical (unpaired) electrons. The van der Waals surface area contributed by atoms with E-state index in [4.69, 9.17) is 4.74 Å². The molecule has 0 spiro atoms. The van der Waals surface area contributed by atoms with Crippen molar-refractivity contribution in [3.05, 3.63) is 15.1 Å². The van der Waals surface area contributed by atoms with Crippen LogP contribution < -0.4 is 10.9 Å². The summed E-state index contributed by atoms with van der Waals surface area (Å²) < 4.78 is 4.89. The molecule has 0 saturated heterocycles. The molecule has 0 aliphatic heterocycles. The first kappa shape index (κ1) is 13.2. The zero-order chi connectivity index (χ0) is 13.2. The summed E-state index contributed by atoms with van der Waals surface area (Å²) in [5.74, 6) is -0.524. The van der Waals surface area contributed by atoms with Crippen molar-refractivity contribution in [1.82, 2.24) is 9.97 Å². The summed E-state index contributed by atoms with van der Waals surface area (Å²) in [6, 6.07) is 0. The van der Waals surface area contributed by atoms with Crippen molar-refractivity contribution >= 4 is 24.0 Å². The largest absolute Gasteiger partial charge is 0.493 e. The van der Waals surface area contributed by atoms with Gasteiger partial charge in [-0.1, -0.05) is 0 Å². The predicted molar refractivity (Wildman–Crippen MR) is 63.8 cm³/mol. The molecule has 1 aromatic rings. The first-order valence-electron chi connectivity index (χ1n) is 4.74. The van der Waals surface area contributed by atoms with Crippen molar-refractivity contribution in [2.24, 2.45) is 0 Å². The molecule has 4 N–H and O–H groups in total. The highest BCUT2D eigenvalue weighted by molar-refractivity contribution is 7.71. The molecule has 0 unspecified atom stereocenters. The van der Waals surface area contributed by atoms with Gasteiger partial charge in [-0.2, -0.15) is 0 Å². The number of carbonyl (C=O) groups excluding carboxylic acids is 1. The van der Waals surface area contributed by atoms with Gasteiger partial charge >= 0.3 is 6.09 Å².